The number of benzene rings is 1. The Kier molecular flexibility index (Phi) is 6.42. The van der Waals surface area contributed by atoms with E-state index in [1.54, 1.807) is 0 Å². The minimum absolute atomic E-state index is 0.217. The summed E-state index contributed by atoms with van der Waals surface area (Å²) < 4.78 is 25.9. The van der Waals surface area contributed by atoms with Crippen LogP contribution in [0.4, 0.5) is 8.78 Å². The largest absolute Gasteiger partial charge is 0.354 e. The van der Waals surface area contributed by atoms with Gasteiger partial charge in [0.25, 0.3) is 0 Å². The third kappa shape index (κ3) is 5.79. The number of hydrogen-bond acceptors (Lipinski definition) is 2. The van der Waals surface area contributed by atoms with Crippen LogP contribution >= 0.6 is 0 Å². The predicted molar refractivity (Wildman–Crippen MR) is 70.6 cm³/mol. The van der Waals surface area contributed by atoms with Gasteiger partial charge < -0.3 is 11.1 Å². The summed E-state index contributed by atoms with van der Waals surface area (Å²) in [6, 6.07) is 2.82. The average Bonchev–Trinajstić information content (AvgIpc) is 2.34. The molecule has 0 fully saturated rings. The van der Waals surface area contributed by atoms with Crippen molar-refractivity contribution in [2.24, 2.45) is 5.73 Å². The van der Waals surface area contributed by atoms with Gasteiger partial charge >= 0.3 is 0 Å². The molecule has 5 heteroatoms. The molecule has 0 aromatic heterocycles. The summed E-state index contributed by atoms with van der Waals surface area (Å²) in [5, 5.41) is 2.67. The van der Waals surface area contributed by atoms with Crippen molar-refractivity contribution >= 4 is 5.91 Å². The summed E-state index contributed by atoms with van der Waals surface area (Å²) in [4.78, 5) is 11.6. The highest BCUT2D eigenvalue weighted by atomic mass is 19.1. The molecule has 0 bridgehead atoms. The Morgan fingerprint density at radius 3 is 2.53 bits per heavy atom. The van der Waals surface area contributed by atoms with Gasteiger partial charge in [-0.05, 0) is 30.5 Å². The van der Waals surface area contributed by atoms with E-state index in [1.165, 1.54) is 12.1 Å². The van der Waals surface area contributed by atoms with Crippen molar-refractivity contribution in [3.63, 3.8) is 0 Å². The average molecular weight is 270 g/mol. The van der Waals surface area contributed by atoms with Gasteiger partial charge in [-0.2, -0.15) is 0 Å². The van der Waals surface area contributed by atoms with Crippen LogP contribution in [0.15, 0.2) is 18.2 Å². The van der Waals surface area contributed by atoms with E-state index < -0.39 is 17.7 Å². The maximum absolute atomic E-state index is 12.9. The molecule has 106 valence electrons. The second-order valence-electron chi connectivity index (χ2n) is 4.57. The molecule has 0 radical (unpaired) electrons. The number of unbranched alkanes of at least 4 members (excludes halogenated alkanes) is 1. The summed E-state index contributed by atoms with van der Waals surface area (Å²) in [6.07, 6.45) is 2.92. The summed E-state index contributed by atoms with van der Waals surface area (Å²) in [6.45, 7) is 2.35. The van der Waals surface area contributed by atoms with Gasteiger partial charge in [-0.15, -0.1) is 0 Å². The third-order valence-electron chi connectivity index (χ3n) is 2.84. The van der Waals surface area contributed by atoms with Gasteiger partial charge in [0.15, 0.2) is 0 Å². The fraction of sp³-hybridized carbons (Fsp3) is 0.500. The molecule has 0 heterocycles. The van der Waals surface area contributed by atoms with Gasteiger partial charge in [0.05, 0.1) is 6.04 Å². The van der Waals surface area contributed by atoms with Crippen LogP contribution < -0.4 is 11.1 Å². The third-order valence-corrected chi connectivity index (χ3v) is 2.84. The van der Waals surface area contributed by atoms with Crippen LogP contribution in [0, 0.1) is 11.6 Å². The van der Waals surface area contributed by atoms with Crippen molar-refractivity contribution in [2.75, 3.05) is 6.54 Å². The van der Waals surface area contributed by atoms with E-state index in [0.29, 0.717) is 24.9 Å². The summed E-state index contributed by atoms with van der Waals surface area (Å²) in [5.41, 5.74) is 6.21. The number of hydrogen-bond donors (Lipinski definition) is 2. The summed E-state index contributed by atoms with van der Waals surface area (Å²) >= 11 is 0. The van der Waals surface area contributed by atoms with E-state index in [1.807, 2.05) is 6.92 Å². The Morgan fingerprint density at radius 1 is 1.32 bits per heavy atom. The number of carbonyl (C=O) groups is 1. The molecule has 0 aliphatic heterocycles. The Balaban J connectivity index is 2.35. The first-order valence-corrected chi connectivity index (χ1v) is 6.51. The maximum atomic E-state index is 12.9. The van der Waals surface area contributed by atoms with E-state index in [2.05, 4.69) is 5.32 Å². The van der Waals surface area contributed by atoms with Crippen LogP contribution in [0.3, 0.4) is 0 Å². The minimum Gasteiger partial charge on any atom is -0.354 e. The van der Waals surface area contributed by atoms with Crippen molar-refractivity contribution in [2.45, 2.75) is 38.6 Å². The standard InChI is InChI=1S/C14H20F2N2O/c1-2-3-4-13(17)14(19)18-6-5-10-7-11(15)9-12(16)8-10/h7-9,13H,2-6,17H2,1H3,(H,18,19). The zero-order chi connectivity index (χ0) is 14.3. The van der Waals surface area contributed by atoms with Crippen molar-refractivity contribution < 1.29 is 13.6 Å². The highest BCUT2D eigenvalue weighted by molar-refractivity contribution is 5.81. The van der Waals surface area contributed by atoms with Crippen LogP contribution in [0.1, 0.15) is 31.7 Å². The van der Waals surface area contributed by atoms with Gasteiger partial charge in [-0.1, -0.05) is 19.8 Å². The molecule has 1 unspecified atom stereocenters. The zero-order valence-corrected chi connectivity index (χ0v) is 11.1. The highest BCUT2D eigenvalue weighted by Gasteiger charge is 2.11. The Labute approximate surface area is 112 Å². The molecule has 0 spiro atoms. The molecule has 3 N–H and O–H groups in total. The highest BCUT2D eigenvalue weighted by Crippen LogP contribution is 2.08. The molecule has 1 aromatic carbocycles. The predicted octanol–water partition coefficient (Wildman–Crippen LogP) is 2.14. The normalized spacial score (nSPS) is 12.2. The molecule has 0 aliphatic rings. The fourth-order valence-corrected chi connectivity index (χ4v) is 1.77. The SMILES string of the molecule is CCCCC(N)C(=O)NCCc1cc(F)cc(F)c1. The minimum atomic E-state index is -0.610. The van der Waals surface area contributed by atoms with Crippen molar-refractivity contribution in [3.8, 4) is 0 Å². The van der Waals surface area contributed by atoms with Crippen molar-refractivity contribution in [3.05, 3.63) is 35.4 Å². The first-order valence-electron chi connectivity index (χ1n) is 6.51. The number of halogens is 2. The molecule has 0 saturated carbocycles. The van der Waals surface area contributed by atoms with E-state index in [4.69, 9.17) is 5.73 Å². The van der Waals surface area contributed by atoms with Gasteiger partial charge in [0, 0.05) is 12.6 Å². The van der Waals surface area contributed by atoms with Gasteiger partial charge in [-0.25, -0.2) is 8.78 Å². The lowest BCUT2D eigenvalue weighted by Crippen LogP contribution is -2.41. The number of nitrogens with one attached hydrogen (secondary N) is 1. The van der Waals surface area contributed by atoms with Crippen molar-refractivity contribution in [1.29, 1.82) is 0 Å². The van der Waals surface area contributed by atoms with Crippen molar-refractivity contribution in [1.82, 2.24) is 5.32 Å². The fourth-order valence-electron chi connectivity index (χ4n) is 1.77. The van der Waals surface area contributed by atoms with Crippen LogP contribution in [-0.4, -0.2) is 18.5 Å². The Bertz CT molecular complexity index is 404. The molecular formula is C14H20F2N2O. The molecule has 19 heavy (non-hydrogen) atoms. The first kappa shape index (κ1) is 15.6. The number of nitrogens with two attached hydrogens (primary N) is 1. The number of amides is 1. The van der Waals surface area contributed by atoms with Crippen LogP contribution in [0.5, 0.6) is 0 Å². The van der Waals surface area contributed by atoms with Crippen LogP contribution in [0.25, 0.3) is 0 Å². The lowest BCUT2D eigenvalue weighted by molar-refractivity contribution is -0.122. The van der Waals surface area contributed by atoms with Gasteiger partial charge in [0.2, 0.25) is 5.91 Å². The quantitative estimate of drug-likeness (QED) is 0.797. The zero-order valence-electron chi connectivity index (χ0n) is 11.1. The van der Waals surface area contributed by atoms with E-state index in [9.17, 15) is 13.6 Å². The smallest absolute Gasteiger partial charge is 0.236 e. The first-order chi connectivity index (χ1) is 9.02. The Morgan fingerprint density at radius 2 is 1.95 bits per heavy atom. The molecule has 0 saturated heterocycles. The monoisotopic (exact) mass is 270 g/mol. The lowest BCUT2D eigenvalue weighted by Gasteiger charge is -2.11. The van der Waals surface area contributed by atoms with E-state index in [0.717, 1.165) is 18.9 Å². The summed E-state index contributed by atoms with van der Waals surface area (Å²) in [7, 11) is 0. The van der Waals surface area contributed by atoms with Crippen LogP contribution in [0.2, 0.25) is 0 Å². The molecule has 1 amide bonds. The topological polar surface area (TPSA) is 55.1 Å². The Hall–Kier alpha value is -1.49. The lowest BCUT2D eigenvalue weighted by atomic mass is 10.1. The van der Waals surface area contributed by atoms with Crippen LogP contribution in [-0.2, 0) is 11.2 Å². The molecule has 1 rings (SSSR count). The number of rotatable bonds is 7. The molecular weight excluding hydrogens is 250 g/mol. The van der Waals surface area contributed by atoms with Gasteiger partial charge in [0.1, 0.15) is 11.6 Å². The second-order valence-corrected chi connectivity index (χ2v) is 4.57. The molecule has 0 aliphatic carbocycles. The summed E-state index contributed by atoms with van der Waals surface area (Å²) in [5.74, 6) is -1.44. The molecule has 3 nitrogen and oxygen atoms in total. The second kappa shape index (κ2) is 7.84. The maximum Gasteiger partial charge on any atom is 0.236 e. The number of carbonyl (C=O) groups excluding carboxylic acids is 1. The van der Waals surface area contributed by atoms with E-state index in [-0.39, 0.29) is 5.91 Å². The van der Waals surface area contributed by atoms with Gasteiger partial charge in [-0.3, -0.25) is 4.79 Å². The molecule has 1 aromatic rings. The van der Waals surface area contributed by atoms with E-state index >= 15 is 0 Å². The molecule has 1 atom stereocenters.